The lowest BCUT2D eigenvalue weighted by molar-refractivity contribution is -0.130. The SMILES string of the molecule is COc1ccccc1/C=C/C(=O)Nc1ccc(OCC(=O)N(C)C)cc1. The Labute approximate surface area is 153 Å². The van der Waals surface area contributed by atoms with Crippen molar-refractivity contribution in [1.29, 1.82) is 0 Å². The molecule has 0 aliphatic carbocycles. The number of carbonyl (C=O) groups is 2. The Hall–Kier alpha value is -3.28. The third kappa shape index (κ3) is 5.66. The van der Waals surface area contributed by atoms with Crippen molar-refractivity contribution in [2.24, 2.45) is 0 Å². The fourth-order valence-corrected chi connectivity index (χ4v) is 2.06. The molecule has 0 aromatic heterocycles. The van der Waals surface area contributed by atoms with Crippen molar-refractivity contribution in [3.8, 4) is 11.5 Å². The molecule has 1 N–H and O–H groups in total. The second-order valence-corrected chi connectivity index (χ2v) is 5.67. The van der Waals surface area contributed by atoms with E-state index in [0.29, 0.717) is 17.2 Å². The number of likely N-dealkylation sites (N-methyl/N-ethyl adjacent to an activating group) is 1. The van der Waals surface area contributed by atoms with E-state index in [1.54, 1.807) is 51.5 Å². The molecule has 0 saturated carbocycles. The standard InChI is InChI=1S/C20H22N2O4/c1-22(2)20(24)14-26-17-11-9-16(10-12-17)21-19(23)13-8-15-6-4-5-7-18(15)25-3/h4-13H,14H2,1-3H3,(H,21,23)/b13-8+. The van der Waals surface area contributed by atoms with E-state index in [2.05, 4.69) is 5.32 Å². The lowest BCUT2D eigenvalue weighted by Crippen LogP contribution is -2.27. The van der Waals surface area contributed by atoms with Gasteiger partial charge in [-0.2, -0.15) is 0 Å². The number of para-hydroxylation sites is 1. The van der Waals surface area contributed by atoms with Crippen molar-refractivity contribution in [3.63, 3.8) is 0 Å². The number of anilines is 1. The molecule has 0 fully saturated rings. The largest absolute Gasteiger partial charge is 0.496 e. The topological polar surface area (TPSA) is 67.9 Å². The molecule has 0 atom stereocenters. The minimum Gasteiger partial charge on any atom is -0.496 e. The first kappa shape index (κ1) is 19.1. The number of amides is 2. The van der Waals surface area contributed by atoms with Crippen LogP contribution < -0.4 is 14.8 Å². The van der Waals surface area contributed by atoms with Crippen LogP contribution in [0.15, 0.2) is 54.6 Å². The molecule has 2 rings (SSSR count). The Kier molecular flexibility index (Phi) is 6.79. The molecule has 6 heteroatoms. The van der Waals surface area contributed by atoms with Gasteiger partial charge in [-0.1, -0.05) is 18.2 Å². The summed E-state index contributed by atoms with van der Waals surface area (Å²) in [4.78, 5) is 25.0. The zero-order valence-corrected chi connectivity index (χ0v) is 15.1. The van der Waals surface area contributed by atoms with Crippen molar-refractivity contribution in [3.05, 3.63) is 60.2 Å². The van der Waals surface area contributed by atoms with E-state index in [-0.39, 0.29) is 18.4 Å². The van der Waals surface area contributed by atoms with E-state index in [9.17, 15) is 9.59 Å². The van der Waals surface area contributed by atoms with E-state index >= 15 is 0 Å². The van der Waals surface area contributed by atoms with Gasteiger partial charge in [0.1, 0.15) is 11.5 Å². The lowest BCUT2D eigenvalue weighted by Gasteiger charge is -2.11. The molecule has 2 aromatic carbocycles. The molecule has 0 bridgehead atoms. The van der Waals surface area contributed by atoms with E-state index in [1.165, 1.54) is 11.0 Å². The first-order chi connectivity index (χ1) is 12.5. The smallest absolute Gasteiger partial charge is 0.259 e. The van der Waals surface area contributed by atoms with Crippen molar-refractivity contribution in [1.82, 2.24) is 4.90 Å². The van der Waals surface area contributed by atoms with Crippen LogP contribution >= 0.6 is 0 Å². The van der Waals surface area contributed by atoms with E-state index in [0.717, 1.165) is 5.56 Å². The maximum absolute atomic E-state index is 12.0. The van der Waals surface area contributed by atoms with Crippen LogP contribution in [0.25, 0.3) is 6.08 Å². The molecular formula is C20H22N2O4. The second kappa shape index (κ2) is 9.27. The summed E-state index contributed by atoms with van der Waals surface area (Å²) < 4.78 is 10.6. The Morgan fingerprint density at radius 3 is 2.42 bits per heavy atom. The highest BCUT2D eigenvalue weighted by Crippen LogP contribution is 2.19. The van der Waals surface area contributed by atoms with Gasteiger partial charge < -0.3 is 19.7 Å². The molecule has 2 amide bonds. The normalized spacial score (nSPS) is 10.4. The lowest BCUT2D eigenvalue weighted by atomic mass is 10.2. The molecule has 0 unspecified atom stereocenters. The van der Waals surface area contributed by atoms with Crippen molar-refractivity contribution >= 4 is 23.6 Å². The minimum atomic E-state index is -0.257. The summed E-state index contributed by atoms with van der Waals surface area (Å²) in [6.45, 7) is -0.0274. The minimum absolute atomic E-state index is 0.0274. The molecule has 6 nitrogen and oxygen atoms in total. The molecule has 0 heterocycles. The van der Waals surface area contributed by atoms with Crippen LogP contribution in [0.3, 0.4) is 0 Å². The fraction of sp³-hybridized carbons (Fsp3) is 0.200. The highest BCUT2D eigenvalue weighted by molar-refractivity contribution is 6.02. The van der Waals surface area contributed by atoms with Gasteiger partial charge in [-0.15, -0.1) is 0 Å². The molecule has 0 radical (unpaired) electrons. The first-order valence-corrected chi connectivity index (χ1v) is 8.04. The second-order valence-electron chi connectivity index (χ2n) is 5.67. The van der Waals surface area contributed by atoms with Crippen LogP contribution in [-0.2, 0) is 9.59 Å². The highest BCUT2D eigenvalue weighted by Gasteiger charge is 2.05. The zero-order valence-electron chi connectivity index (χ0n) is 15.1. The van der Waals surface area contributed by atoms with Gasteiger partial charge in [-0.25, -0.2) is 0 Å². The zero-order chi connectivity index (χ0) is 18.9. The number of nitrogens with zero attached hydrogens (tertiary/aromatic N) is 1. The summed E-state index contributed by atoms with van der Waals surface area (Å²) in [6, 6.07) is 14.3. The Morgan fingerprint density at radius 2 is 1.77 bits per heavy atom. The van der Waals surface area contributed by atoms with Crippen LogP contribution in [0.1, 0.15) is 5.56 Å². The maximum Gasteiger partial charge on any atom is 0.259 e. The Morgan fingerprint density at radius 1 is 1.08 bits per heavy atom. The van der Waals surface area contributed by atoms with Gasteiger partial charge in [0.15, 0.2) is 6.61 Å². The molecule has 26 heavy (non-hydrogen) atoms. The Bertz CT molecular complexity index is 783. The van der Waals surface area contributed by atoms with Gasteiger partial charge in [0.2, 0.25) is 5.91 Å². The quantitative estimate of drug-likeness (QED) is 0.777. The Balaban J connectivity index is 1.91. The molecule has 2 aromatic rings. The van der Waals surface area contributed by atoms with E-state index in [1.807, 2.05) is 24.3 Å². The van der Waals surface area contributed by atoms with Crippen LogP contribution in [-0.4, -0.2) is 44.5 Å². The van der Waals surface area contributed by atoms with Crippen molar-refractivity contribution in [2.75, 3.05) is 33.1 Å². The van der Waals surface area contributed by atoms with E-state index < -0.39 is 0 Å². The van der Waals surface area contributed by atoms with Gasteiger partial charge >= 0.3 is 0 Å². The molecule has 0 spiro atoms. The summed E-state index contributed by atoms with van der Waals surface area (Å²) in [5.41, 5.74) is 1.45. The average Bonchev–Trinajstić information content (AvgIpc) is 2.65. The number of benzene rings is 2. The third-order valence-electron chi connectivity index (χ3n) is 3.54. The highest BCUT2D eigenvalue weighted by atomic mass is 16.5. The number of nitrogens with one attached hydrogen (secondary N) is 1. The average molecular weight is 354 g/mol. The number of rotatable bonds is 7. The van der Waals surface area contributed by atoms with Crippen molar-refractivity contribution in [2.45, 2.75) is 0 Å². The third-order valence-corrected chi connectivity index (χ3v) is 3.54. The molecule has 0 aliphatic rings. The summed E-state index contributed by atoms with van der Waals surface area (Å²) in [7, 11) is 4.92. The summed E-state index contributed by atoms with van der Waals surface area (Å²) in [6.07, 6.45) is 3.14. The van der Waals surface area contributed by atoms with Crippen LogP contribution in [0.4, 0.5) is 5.69 Å². The van der Waals surface area contributed by atoms with Gasteiger partial charge in [0, 0.05) is 31.4 Å². The maximum atomic E-state index is 12.0. The molecular weight excluding hydrogens is 332 g/mol. The van der Waals surface area contributed by atoms with Crippen LogP contribution in [0, 0.1) is 0 Å². The number of methoxy groups -OCH3 is 1. The predicted molar refractivity (Wildman–Crippen MR) is 101 cm³/mol. The van der Waals surface area contributed by atoms with Gasteiger partial charge in [-0.05, 0) is 36.4 Å². The van der Waals surface area contributed by atoms with Gasteiger partial charge in [0.05, 0.1) is 7.11 Å². The monoisotopic (exact) mass is 354 g/mol. The summed E-state index contributed by atoms with van der Waals surface area (Å²) in [5, 5.41) is 2.76. The fourth-order valence-electron chi connectivity index (χ4n) is 2.06. The van der Waals surface area contributed by atoms with Crippen LogP contribution in [0.5, 0.6) is 11.5 Å². The van der Waals surface area contributed by atoms with Crippen molar-refractivity contribution < 1.29 is 19.1 Å². The predicted octanol–water partition coefficient (Wildman–Crippen LogP) is 2.81. The molecule has 0 aliphatic heterocycles. The van der Waals surface area contributed by atoms with E-state index in [4.69, 9.17) is 9.47 Å². The molecule has 136 valence electrons. The number of ether oxygens (including phenoxy) is 2. The summed E-state index contributed by atoms with van der Waals surface area (Å²) in [5.74, 6) is 0.879. The molecule has 0 saturated heterocycles. The first-order valence-electron chi connectivity index (χ1n) is 8.04. The van der Waals surface area contributed by atoms with Gasteiger partial charge in [-0.3, -0.25) is 9.59 Å². The van der Waals surface area contributed by atoms with Crippen LogP contribution in [0.2, 0.25) is 0 Å². The summed E-state index contributed by atoms with van der Waals surface area (Å²) >= 11 is 0. The number of hydrogen-bond acceptors (Lipinski definition) is 4. The number of carbonyl (C=O) groups excluding carboxylic acids is 2. The van der Waals surface area contributed by atoms with Gasteiger partial charge in [0.25, 0.3) is 5.91 Å². The number of hydrogen-bond donors (Lipinski definition) is 1.